The van der Waals surface area contributed by atoms with Crippen molar-refractivity contribution >= 4 is 5.91 Å². The molecule has 4 aliphatic rings. The van der Waals surface area contributed by atoms with Crippen LogP contribution < -0.4 is 0 Å². The molecular formula is C36H75N5O. The lowest BCUT2D eigenvalue weighted by atomic mass is 10.0. The summed E-state index contributed by atoms with van der Waals surface area (Å²) in [7, 11) is 2.19. The minimum Gasteiger partial charge on any atom is -0.338 e. The van der Waals surface area contributed by atoms with E-state index >= 15 is 0 Å². The molecule has 4 fully saturated rings. The molecule has 4 rings (SSSR count). The average molecular weight is 594 g/mol. The maximum atomic E-state index is 11.4. The monoisotopic (exact) mass is 594 g/mol. The highest BCUT2D eigenvalue weighted by Gasteiger charge is 2.28. The predicted octanol–water partition coefficient (Wildman–Crippen LogP) is 7.37. The van der Waals surface area contributed by atoms with Crippen LogP contribution in [0.25, 0.3) is 0 Å². The summed E-state index contributed by atoms with van der Waals surface area (Å²) < 4.78 is 0. The fourth-order valence-electron chi connectivity index (χ4n) is 6.12. The van der Waals surface area contributed by atoms with Crippen molar-refractivity contribution in [3.63, 3.8) is 0 Å². The van der Waals surface area contributed by atoms with E-state index in [1.54, 1.807) is 0 Å². The predicted molar refractivity (Wildman–Crippen MR) is 184 cm³/mol. The molecule has 6 heteroatoms. The van der Waals surface area contributed by atoms with Crippen LogP contribution in [0.4, 0.5) is 0 Å². The van der Waals surface area contributed by atoms with Gasteiger partial charge in [0.15, 0.2) is 0 Å². The standard InChI is InChI=1S/C9H20N2.C9H17NO.2C9H19N/c1-9(2,3)11-7-5-10(4)6-8-11;1-9(2,3)10-7-5-4-6-8(10)11;2*1-9(2,3)10-7-5-4-6-8-10/h5-8H2,1-4H3;4-7H2,1-3H3;2*4-8H2,1-3H3. The SMILES string of the molecule is CC(C)(C)N1CCCCC1.CC(C)(C)N1CCCCC1.CC(C)(C)N1CCCCC1=O.CN1CCN(C(C)(C)C)CC1. The molecule has 0 saturated carbocycles. The highest BCUT2D eigenvalue weighted by atomic mass is 16.2. The number of likely N-dealkylation sites (tertiary alicyclic amines) is 3. The van der Waals surface area contributed by atoms with Gasteiger partial charge in [0.2, 0.25) is 5.91 Å². The minimum atomic E-state index is 0.0253. The number of piperidine rings is 3. The summed E-state index contributed by atoms with van der Waals surface area (Å²) in [5.41, 5.74) is 1.19. The molecule has 0 spiro atoms. The summed E-state index contributed by atoms with van der Waals surface area (Å²) >= 11 is 0. The fourth-order valence-corrected chi connectivity index (χ4v) is 6.12. The lowest BCUT2D eigenvalue weighted by Gasteiger charge is -2.41. The normalized spacial score (nSPS) is 22.7. The van der Waals surface area contributed by atoms with Crippen LogP contribution in [0, 0.1) is 0 Å². The topological polar surface area (TPSA) is 33.3 Å². The van der Waals surface area contributed by atoms with E-state index < -0.39 is 0 Å². The summed E-state index contributed by atoms with van der Waals surface area (Å²) in [5.74, 6) is 0.323. The molecule has 42 heavy (non-hydrogen) atoms. The molecule has 0 bridgehead atoms. The van der Waals surface area contributed by atoms with E-state index in [1.807, 2.05) is 4.90 Å². The van der Waals surface area contributed by atoms with Gasteiger partial charge < -0.3 is 9.80 Å². The van der Waals surface area contributed by atoms with Gasteiger partial charge in [0, 0.05) is 61.3 Å². The van der Waals surface area contributed by atoms with Crippen molar-refractivity contribution in [3.05, 3.63) is 0 Å². The van der Waals surface area contributed by atoms with E-state index in [0.717, 1.165) is 19.4 Å². The summed E-state index contributed by atoms with van der Waals surface area (Å²) in [6.07, 6.45) is 11.5. The summed E-state index contributed by atoms with van der Waals surface area (Å²) in [5, 5.41) is 0. The third-order valence-corrected chi connectivity index (χ3v) is 9.19. The smallest absolute Gasteiger partial charge is 0.222 e. The minimum absolute atomic E-state index is 0.0253. The zero-order chi connectivity index (χ0) is 32.2. The maximum Gasteiger partial charge on any atom is 0.222 e. The molecule has 0 aromatic carbocycles. The molecular weight excluding hydrogens is 518 g/mol. The van der Waals surface area contributed by atoms with E-state index in [1.165, 1.54) is 97.3 Å². The zero-order valence-corrected chi connectivity index (χ0v) is 30.9. The van der Waals surface area contributed by atoms with Crippen LogP contribution in [0.5, 0.6) is 0 Å². The number of hydrogen-bond acceptors (Lipinski definition) is 5. The number of nitrogens with zero attached hydrogens (tertiary/aromatic N) is 5. The first-order chi connectivity index (χ1) is 19.2. The molecule has 4 heterocycles. The van der Waals surface area contributed by atoms with Gasteiger partial charge in [-0.15, -0.1) is 0 Å². The number of piperazine rings is 1. The van der Waals surface area contributed by atoms with Gasteiger partial charge in [-0.05, 0) is 155 Å². The first-order valence-corrected chi connectivity index (χ1v) is 17.5. The molecule has 0 N–H and O–H groups in total. The fraction of sp³-hybridized carbons (Fsp3) is 0.972. The van der Waals surface area contributed by atoms with Crippen LogP contribution in [-0.2, 0) is 4.79 Å². The van der Waals surface area contributed by atoms with E-state index in [2.05, 4.69) is 110 Å². The first kappa shape index (κ1) is 39.3. The maximum absolute atomic E-state index is 11.4. The number of carbonyl (C=O) groups is 1. The highest BCUT2D eigenvalue weighted by molar-refractivity contribution is 5.77. The lowest BCUT2D eigenvalue weighted by molar-refractivity contribution is -0.138. The third kappa shape index (κ3) is 15.9. The Labute approximate surface area is 263 Å². The van der Waals surface area contributed by atoms with Gasteiger partial charge in [0.05, 0.1) is 0 Å². The van der Waals surface area contributed by atoms with Gasteiger partial charge in [-0.2, -0.15) is 0 Å². The molecule has 0 atom stereocenters. The summed E-state index contributed by atoms with van der Waals surface area (Å²) in [4.78, 5) is 23.4. The molecule has 0 unspecified atom stereocenters. The molecule has 0 aromatic rings. The summed E-state index contributed by atoms with van der Waals surface area (Å²) in [6.45, 7) is 38.0. The van der Waals surface area contributed by atoms with Crippen molar-refractivity contribution in [3.8, 4) is 0 Å². The van der Waals surface area contributed by atoms with Crippen molar-refractivity contribution < 1.29 is 4.79 Å². The Bertz CT molecular complexity index is 692. The van der Waals surface area contributed by atoms with Gasteiger partial charge in [-0.1, -0.05) is 12.8 Å². The van der Waals surface area contributed by atoms with Gasteiger partial charge in [0.1, 0.15) is 0 Å². The highest BCUT2D eigenvalue weighted by Crippen LogP contribution is 2.21. The number of carbonyl (C=O) groups excluding carboxylic acids is 1. The molecule has 250 valence electrons. The molecule has 4 saturated heterocycles. The third-order valence-electron chi connectivity index (χ3n) is 9.19. The van der Waals surface area contributed by atoms with Crippen molar-refractivity contribution in [2.45, 2.75) is 163 Å². The van der Waals surface area contributed by atoms with E-state index in [0.29, 0.717) is 22.5 Å². The van der Waals surface area contributed by atoms with Crippen LogP contribution in [0.15, 0.2) is 0 Å². The molecule has 4 aliphatic heterocycles. The summed E-state index contributed by atoms with van der Waals surface area (Å²) in [6, 6.07) is 0. The van der Waals surface area contributed by atoms with Crippen molar-refractivity contribution in [1.29, 1.82) is 0 Å². The second kappa shape index (κ2) is 17.7. The Morgan fingerprint density at radius 2 is 0.738 bits per heavy atom. The van der Waals surface area contributed by atoms with Crippen molar-refractivity contribution in [2.75, 3.05) is 66.0 Å². The van der Waals surface area contributed by atoms with E-state index in [4.69, 9.17) is 0 Å². The van der Waals surface area contributed by atoms with Crippen LogP contribution in [0.2, 0.25) is 0 Å². The van der Waals surface area contributed by atoms with Gasteiger partial charge in [-0.25, -0.2) is 0 Å². The van der Waals surface area contributed by atoms with Crippen molar-refractivity contribution in [1.82, 2.24) is 24.5 Å². The Kier molecular flexibility index (Phi) is 16.6. The van der Waals surface area contributed by atoms with E-state index in [9.17, 15) is 4.79 Å². The number of hydrogen-bond donors (Lipinski definition) is 0. The number of likely N-dealkylation sites (N-methyl/N-ethyl adjacent to an activating group) is 1. The van der Waals surface area contributed by atoms with Crippen LogP contribution in [-0.4, -0.2) is 119 Å². The molecule has 0 radical (unpaired) electrons. The van der Waals surface area contributed by atoms with Gasteiger partial charge in [-0.3, -0.25) is 19.5 Å². The largest absolute Gasteiger partial charge is 0.338 e. The molecule has 0 aliphatic carbocycles. The second-order valence-corrected chi connectivity index (χ2v) is 17.1. The Morgan fingerprint density at radius 3 is 1.00 bits per heavy atom. The Balaban J connectivity index is 0.000000280. The average Bonchev–Trinajstić information content (AvgIpc) is 2.89. The Hall–Kier alpha value is -0.690. The zero-order valence-electron chi connectivity index (χ0n) is 30.9. The molecule has 1 amide bonds. The lowest BCUT2D eigenvalue weighted by Crippen LogP contribution is -2.52. The number of amides is 1. The van der Waals surface area contributed by atoms with Crippen LogP contribution >= 0.6 is 0 Å². The van der Waals surface area contributed by atoms with Crippen LogP contribution in [0.3, 0.4) is 0 Å². The van der Waals surface area contributed by atoms with Gasteiger partial charge in [0.25, 0.3) is 0 Å². The Morgan fingerprint density at radius 1 is 0.405 bits per heavy atom. The van der Waals surface area contributed by atoms with Gasteiger partial charge >= 0.3 is 0 Å². The van der Waals surface area contributed by atoms with Crippen molar-refractivity contribution in [2.24, 2.45) is 0 Å². The number of rotatable bonds is 0. The quantitative estimate of drug-likeness (QED) is 0.293. The molecule has 6 nitrogen and oxygen atoms in total. The molecule has 0 aromatic heterocycles. The first-order valence-electron chi connectivity index (χ1n) is 17.5. The van der Waals surface area contributed by atoms with Crippen LogP contribution in [0.1, 0.15) is 141 Å². The van der Waals surface area contributed by atoms with E-state index in [-0.39, 0.29) is 5.54 Å². The second-order valence-electron chi connectivity index (χ2n) is 17.1.